The smallest absolute Gasteiger partial charge is 0.314 e. The van der Waals surface area contributed by atoms with Gasteiger partial charge in [0.1, 0.15) is 0 Å². The maximum absolute atomic E-state index is 11.7. The maximum atomic E-state index is 11.7. The van der Waals surface area contributed by atoms with Gasteiger partial charge in [0.05, 0.1) is 12.5 Å². The highest BCUT2D eigenvalue weighted by atomic mass is 16.5. The summed E-state index contributed by atoms with van der Waals surface area (Å²) in [6.07, 6.45) is 1.92. The highest BCUT2D eigenvalue weighted by Gasteiger charge is 2.19. The molecule has 0 aliphatic carbocycles. The molecule has 1 rings (SSSR count). The van der Waals surface area contributed by atoms with E-state index in [1.54, 1.807) is 0 Å². The van der Waals surface area contributed by atoms with Crippen LogP contribution in [0.3, 0.4) is 0 Å². The number of benzene rings is 1. The second-order valence-electron chi connectivity index (χ2n) is 3.72. The lowest BCUT2D eigenvalue weighted by atomic mass is 10.00. The van der Waals surface area contributed by atoms with Gasteiger partial charge >= 0.3 is 5.97 Å². The van der Waals surface area contributed by atoms with E-state index in [-0.39, 0.29) is 18.4 Å². The molecule has 0 heterocycles. The molecule has 2 N–H and O–H groups in total. The number of carbonyl (C=O) groups excluding carboxylic acids is 1. The Morgan fingerprint density at radius 1 is 1.38 bits per heavy atom. The minimum atomic E-state index is -0.335. The molecule has 0 saturated heterocycles. The maximum Gasteiger partial charge on any atom is 0.314 e. The Labute approximate surface area is 96.6 Å². The third-order valence-corrected chi connectivity index (χ3v) is 2.46. The summed E-state index contributed by atoms with van der Waals surface area (Å²) < 4.78 is 5.17. The van der Waals surface area contributed by atoms with Crippen molar-refractivity contribution in [3.63, 3.8) is 0 Å². The first-order valence-electron chi connectivity index (χ1n) is 5.71. The SMILES string of the molecule is CCCCOC(=O)C(CN)c1ccccc1. The summed E-state index contributed by atoms with van der Waals surface area (Å²) in [4.78, 5) is 11.7. The predicted molar refractivity (Wildman–Crippen MR) is 64.1 cm³/mol. The number of ether oxygens (including phenoxy) is 1. The molecule has 0 bridgehead atoms. The van der Waals surface area contributed by atoms with Gasteiger partial charge in [-0.25, -0.2) is 0 Å². The molecule has 3 heteroatoms. The van der Waals surface area contributed by atoms with Gasteiger partial charge in [-0.3, -0.25) is 4.79 Å². The highest BCUT2D eigenvalue weighted by Crippen LogP contribution is 2.15. The number of unbranched alkanes of at least 4 members (excludes halogenated alkanes) is 1. The highest BCUT2D eigenvalue weighted by molar-refractivity contribution is 5.78. The Morgan fingerprint density at radius 3 is 2.62 bits per heavy atom. The summed E-state index contributed by atoms with van der Waals surface area (Å²) >= 11 is 0. The van der Waals surface area contributed by atoms with Crippen LogP contribution in [-0.4, -0.2) is 19.1 Å². The van der Waals surface area contributed by atoms with Gasteiger partial charge in [0.2, 0.25) is 0 Å². The lowest BCUT2D eigenvalue weighted by molar-refractivity contribution is -0.145. The van der Waals surface area contributed by atoms with Crippen molar-refractivity contribution < 1.29 is 9.53 Å². The van der Waals surface area contributed by atoms with Crippen LogP contribution in [0.1, 0.15) is 31.2 Å². The van der Waals surface area contributed by atoms with Crippen LogP contribution in [0.25, 0.3) is 0 Å². The zero-order chi connectivity index (χ0) is 11.8. The van der Waals surface area contributed by atoms with Gasteiger partial charge in [-0.1, -0.05) is 43.7 Å². The van der Waals surface area contributed by atoms with Crippen molar-refractivity contribution >= 4 is 5.97 Å². The van der Waals surface area contributed by atoms with Crippen molar-refractivity contribution in [3.05, 3.63) is 35.9 Å². The van der Waals surface area contributed by atoms with Gasteiger partial charge in [0.25, 0.3) is 0 Å². The van der Waals surface area contributed by atoms with Gasteiger partial charge in [-0.15, -0.1) is 0 Å². The van der Waals surface area contributed by atoms with E-state index in [0.29, 0.717) is 6.61 Å². The van der Waals surface area contributed by atoms with Crippen LogP contribution in [0.4, 0.5) is 0 Å². The van der Waals surface area contributed by atoms with Crippen molar-refractivity contribution in [2.24, 2.45) is 5.73 Å². The van der Waals surface area contributed by atoms with Gasteiger partial charge in [-0.05, 0) is 12.0 Å². The van der Waals surface area contributed by atoms with Crippen LogP contribution in [0.5, 0.6) is 0 Å². The first-order chi connectivity index (χ1) is 7.79. The number of carbonyl (C=O) groups is 1. The molecule has 1 unspecified atom stereocenters. The molecule has 0 aliphatic rings. The van der Waals surface area contributed by atoms with Crippen molar-refractivity contribution in [1.29, 1.82) is 0 Å². The van der Waals surface area contributed by atoms with E-state index in [9.17, 15) is 4.79 Å². The zero-order valence-electron chi connectivity index (χ0n) is 9.69. The average Bonchev–Trinajstić information content (AvgIpc) is 2.32. The summed E-state index contributed by atoms with van der Waals surface area (Å²) in [6.45, 7) is 2.83. The molecule has 0 radical (unpaired) electrons. The third kappa shape index (κ3) is 3.66. The monoisotopic (exact) mass is 221 g/mol. The van der Waals surface area contributed by atoms with Gasteiger partial charge in [0.15, 0.2) is 0 Å². The number of nitrogens with two attached hydrogens (primary N) is 1. The van der Waals surface area contributed by atoms with Crippen LogP contribution in [0.15, 0.2) is 30.3 Å². The second kappa shape index (κ2) is 7.01. The minimum Gasteiger partial charge on any atom is -0.465 e. The first-order valence-corrected chi connectivity index (χ1v) is 5.71. The molecule has 0 amide bonds. The third-order valence-electron chi connectivity index (χ3n) is 2.46. The fraction of sp³-hybridized carbons (Fsp3) is 0.462. The molecule has 88 valence electrons. The summed E-state index contributed by atoms with van der Waals surface area (Å²) in [6, 6.07) is 9.52. The quantitative estimate of drug-likeness (QED) is 0.591. The van der Waals surface area contributed by atoms with E-state index in [1.807, 2.05) is 30.3 Å². The van der Waals surface area contributed by atoms with Crippen molar-refractivity contribution in [1.82, 2.24) is 0 Å². The van der Waals surface area contributed by atoms with E-state index >= 15 is 0 Å². The van der Waals surface area contributed by atoms with Crippen molar-refractivity contribution in [3.8, 4) is 0 Å². The molecular weight excluding hydrogens is 202 g/mol. The molecule has 1 aromatic carbocycles. The molecular formula is C13H19NO2. The summed E-state index contributed by atoms with van der Waals surface area (Å²) in [7, 11) is 0. The van der Waals surface area contributed by atoms with E-state index in [0.717, 1.165) is 18.4 Å². The molecule has 0 aliphatic heterocycles. The number of hydrogen-bond donors (Lipinski definition) is 1. The van der Waals surface area contributed by atoms with Crippen LogP contribution in [0.2, 0.25) is 0 Å². The Morgan fingerprint density at radius 2 is 2.06 bits per heavy atom. The molecule has 16 heavy (non-hydrogen) atoms. The lowest BCUT2D eigenvalue weighted by Crippen LogP contribution is -2.24. The van der Waals surface area contributed by atoms with E-state index in [1.165, 1.54) is 0 Å². The Kier molecular flexibility index (Phi) is 5.57. The van der Waals surface area contributed by atoms with Crippen LogP contribution in [0, 0.1) is 0 Å². The van der Waals surface area contributed by atoms with E-state index in [2.05, 4.69) is 6.92 Å². The Hall–Kier alpha value is -1.35. The predicted octanol–water partition coefficient (Wildman–Crippen LogP) is 2.07. The molecule has 0 fully saturated rings. The molecule has 1 aromatic rings. The lowest BCUT2D eigenvalue weighted by Gasteiger charge is -2.14. The number of rotatable bonds is 6. The zero-order valence-corrected chi connectivity index (χ0v) is 9.69. The Balaban J connectivity index is 2.57. The minimum absolute atomic E-state index is 0.220. The van der Waals surface area contributed by atoms with Gasteiger partial charge < -0.3 is 10.5 Å². The van der Waals surface area contributed by atoms with Crippen LogP contribution < -0.4 is 5.73 Å². The van der Waals surface area contributed by atoms with Crippen molar-refractivity contribution in [2.75, 3.05) is 13.2 Å². The van der Waals surface area contributed by atoms with Crippen LogP contribution in [-0.2, 0) is 9.53 Å². The Bertz CT molecular complexity index is 311. The summed E-state index contributed by atoms with van der Waals surface area (Å²) in [5.41, 5.74) is 6.53. The second-order valence-corrected chi connectivity index (χ2v) is 3.72. The van der Waals surface area contributed by atoms with Gasteiger partial charge in [-0.2, -0.15) is 0 Å². The fourth-order valence-electron chi connectivity index (χ4n) is 1.47. The van der Waals surface area contributed by atoms with E-state index in [4.69, 9.17) is 10.5 Å². The number of hydrogen-bond acceptors (Lipinski definition) is 3. The molecule has 0 aromatic heterocycles. The molecule has 3 nitrogen and oxygen atoms in total. The van der Waals surface area contributed by atoms with Crippen molar-refractivity contribution in [2.45, 2.75) is 25.7 Å². The number of esters is 1. The first kappa shape index (κ1) is 12.7. The summed E-state index contributed by atoms with van der Waals surface area (Å²) in [5, 5.41) is 0. The average molecular weight is 221 g/mol. The van der Waals surface area contributed by atoms with Crippen LogP contribution >= 0.6 is 0 Å². The molecule has 1 atom stereocenters. The fourth-order valence-corrected chi connectivity index (χ4v) is 1.47. The van der Waals surface area contributed by atoms with E-state index < -0.39 is 0 Å². The molecule has 0 saturated carbocycles. The topological polar surface area (TPSA) is 52.3 Å². The normalized spacial score (nSPS) is 12.1. The molecule has 0 spiro atoms. The standard InChI is InChI=1S/C13H19NO2/c1-2-3-9-16-13(15)12(10-14)11-7-5-4-6-8-11/h4-8,12H,2-3,9-10,14H2,1H3. The van der Waals surface area contributed by atoms with Gasteiger partial charge in [0, 0.05) is 6.54 Å². The largest absolute Gasteiger partial charge is 0.465 e. The summed E-state index contributed by atoms with van der Waals surface area (Å²) in [5.74, 6) is -0.555.